The van der Waals surface area contributed by atoms with Crippen molar-refractivity contribution in [1.82, 2.24) is 9.97 Å². The van der Waals surface area contributed by atoms with E-state index >= 15 is 0 Å². The lowest BCUT2D eigenvalue weighted by atomic mass is 9.89. The van der Waals surface area contributed by atoms with Gasteiger partial charge in [0, 0.05) is 24.5 Å². The molecule has 1 aromatic heterocycles. The lowest BCUT2D eigenvalue weighted by Crippen LogP contribution is -2.40. The molecule has 1 aliphatic carbocycles. The van der Waals surface area contributed by atoms with Gasteiger partial charge in [-0.3, -0.25) is 0 Å². The molecular formula is C11H17N3O. The van der Waals surface area contributed by atoms with E-state index in [2.05, 4.69) is 15.3 Å². The SMILES string of the molecule is COC1CC(Nc2nc(C)cc(C)n2)C1. The van der Waals surface area contributed by atoms with E-state index in [4.69, 9.17) is 4.74 Å². The Hall–Kier alpha value is -1.16. The number of anilines is 1. The van der Waals surface area contributed by atoms with Crippen molar-refractivity contribution in [3.8, 4) is 0 Å². The number of methoxy groups -OCH3 is 1. The standard InChI is InChI=1S/C11H17N3O/c1-7-4-8(2)13-11(12-7)14-9-5-10(6-9)15-3/h4,9-10H,5-6H2,1-3H3,(H,12,13,14). The second-order valence-corrected chi connectivity index (χ2v) is 4.14. The van der Waals surface area contributed by atoms with E-state index in [1.807, 2.05) is 19.9 Å². The topological polar surface area (TPSA) is 47.0 Å². The van der Waals surface area contributed by atoms with Crippen LogP contribution in [0.25, 0.3) is 0 Å². The van der Waals surface area contributed by atoms with Crippen LogP contribution >= 0.6 is 0 Å². The third-order valence-electron chi connectivity index (χ3n) is 2.74. The van der Waals surface area contributed by atoms with Gasteiger partial charge in [0.2, 0.25) is 5.95 Å². The molecule has 4 nitrogen and oxygen atoms in total. The van der Waals surface area contributed by atoms with Gasteiger partial charge in [-0.2, -0.15) is 0 Å². The molecule has 0 bridgehead atoms. The number of rotatable bonds is 3. The number of aryl methyl sites for hydroxylation is 2. The highest BCUT2D eigenvalue weighted by Gasteiger charge is 2.29. The van der Waals surface area contributed by atoms with Crippen LogP contribution in [0, 0.1) is 13.8 Å². The van der Waals surface area contributed by atoms with Crippen LogP contribution in [0.5, 0.6) is 0 Å². The molecule has 15 heavy (non-hydrogen) atoms. The minimum atomic E-state index is 0.411. The second-order valence-electron chi connectivity index (χ2n) is 4.14. The van der Waals surface area contributed by atoms with Gasteiger partial charge in [-0.05, 0) is 32.8 Å². The zero-order chi connectivity index (χ0) is 10.8. The Morgan fingerprint density at radius 1 is 1.27 bits per heavy atom. The zero-order valence-corrected chi connectivity index (χ0v) is 9.45. The minimum absolute atomic E-state index is 0.411. The summed E-state index contributed by atoms with van der Waals surface area (Å²) in [5.74, 6) is 0.743. The molecular weight excluding hydrogens is 190 g/mol. The number of hydrogen-bond donors (Lipinski definition) is 1. The Balaban J connectivity index is 1.94. The fourth-order valence-corrected chi connectivity index (χ4v) is 1.85. The van der Waals surface area contributed by atoms with Gasteiger partial charge in [-0.25, -0.2) is 9.97 Å². The van der Waals surface area contributed by atoms with Crippen molar-refractivity contribution in [3.63, 3.8) is 0 Å². The zero-order valence-electron chi connectivity index (χ0n) is 9.45. The van der Waals surface area contributed by atoms with Crippen LogP contribution in [0.4, 0.5) is 5.95 Å². The van der Waals surface area contributed by atoms with E-state index in [0.29, 0.717) is 12.1 Å². The maximum Gasteiger partial charge on any atom is 0.223 e. The van der Waals surface area contributed by atoms with Crippen molar-refractivity contribution in [1.29, 1.82) is 0 Å². The van der Waals surface area contributed by atoms with Gasteiger partial charge >= 0.3 is 0 Å². The van der Waals surface area contributed by atoms with Gasteiger partial charge in [0.05, 0.1) is 6.10 Å². The van der Waals surface area contributed by atoms with Crippen LogP contribution in [0.15, 0.2) is 6.07 Å². The van der Waals surface area contributed by atoms with Crippen molar-refractivity contribution in [2.24, 2.45) is 0 Å². The summed E-state index contributed by atoms with van der Waals surface area (Å²) in [4.78, 5) is 8.69. The molecule has 2 rings (SSSR count). The van der Waals surface area contributed by atoms with E-state index in [1.54, 1.807) is 7.11 Å². The molecule has 1 saturated carbocycles. The van der Waals surface area contributed by atoms with E-state index < -0.39 is 0 Å². The first-order chi connectivity index (χ1) is 7.17. The molecule has 1 N–H and O–H groups in total. The Labute approximate surface area is 90.1 Å². The molecule has 0 atom stereocenters. The Morgan fingerprint density at radius 3 is 2.40 bits per heavy atom. The smallest absolute Gasteiger partial charge is 0.223 e. The minimum Gasteiger partial charge on any atom is -0.381 e. The molecule has 0 saturated heterocycles. The third-order valence-corrected chi connectivity index (χ3v) is 2.74. The molecule has 0 spiro atoms. The molecule has 0 unspecified atom stereocenters. The van der Waals surface area contributed by atoms with E-state index in [-0.39, 0.29) is 0 Å². The summed E-state index contributed by atoms with van der Waals surface area (Å²) in [5.41, 5.74) is 2.01. The average molecular weight is 207 g/mol. The van der Waals surface area contributed by atoms with Gasteiger partial charge in [0.1, 0.15) is 0 Å². The van der Waals surface area contributed by atoms with Crippen molar-refractivity contribution in [2.75, 3.05) is 12.4 Å². The molecule has 0 amide bonds. The fraction of sp³-hybridized carbons (Fsp3) is 0.636. The summed E-state index contributed by atoms with van der Waals surface area (Å²) in [7, 11) is 1.76. The van der Waals surface area contributed by atoms with Crippen LogP contribution in [0.2, 0.25) is 0 Å². The van der Waals surface area contributed by atoms with Gasteiger partial charge in [0.25, 0.3) is 0 Å². The van der Waals surface area contributed by atoms with Crippen LogP contribution in [-0.4, -0.2) is 29.2 Å². The highest BCUT2D eigenvalue weighted by Crippen LogP contribution is 2.25. The number of ether oxygens (including phenoxy) is 1. The van der Waals surface area contributed by atoms with Gasteiger partial charge in [0.15, 0.2) is 0 Å². The predicted octanol–water partition coefficient (Wildman–Crippen LogP) is 1.68. The fourth-order valence-electron chi connectivity index (χ4n) is 1.85. The maximum atomic E-state index is 5.22. The molecule has 0 aliphatic heterocycles. The molecule has 1 heterocycles. The number of nitrogens with one attached hydrogen (secondary N) is 1. The first kappa shape index (κ1) is 10.4. The monoisotopic (exact) mass is 207 g/mol. The van der Waals surface area contributed by atoms with Gasteiger partial charge in [-0.1, -0.05) is 0 Å². The normalized spacial score (nSPS) is 24.7. The summed E-state index contributed by atoms with van der Waals surface area (Å²) in [6.07, 6.45) is 2.51. The van der Waals surface area contributed by atoms with Crippen LogP contribution in [-0.2, 0) is 4.74 Å². The predicted molar refractivity (Wildman–Crippen MR) is 58.9 cm³/mol. The molecule has 0 radical (unpaired) electrons. The molecule has 4 heteroatoms. The van der Waals surface area contributed by atoms with Crippen LogP contribution < -0.4 is 5.32 Å². The van der Waals surface area contributed by atoms with Crippen LogP contribution in [0.1, 0.15) is 24.2 Å². The molecule has 1 aromatic rings. The van der Waals surface area contributed by atoms with Crippen molar-refractivity contribution >= 4 is 5.95 Å². The lowest BCUT2D eigenvalue weighted by Gasteiger charge is -2.34. The van der Waals surface area contributed by atoms with Crippen molar-refractivity contribution in [2.45, 2.75) is 38.8 Å². The quantitative estimate of drug-likeness (QED) is 0.819. The second kappa shape index (κ2) is 4.14. The van der Waals surface area contributed by atoms with E-state index in [9.17, 15) is 0 Å². The van der Waals surface area contributed by atoms with Crippen molar-refractivity contribution in [3.05, 3.63) is 17.5 Å². The summed E-state index contributed by atoms with van der Waals surface area (Å²) in [6, 6.07) is 2.44. The molecule has 82 valence electrons. The van der Waals surface area contributed by atoms with Gasteiger partial charge in [-0.15, -0.1) is 0 Å². The number of hydrogen-bond acceptors (Lipinski definition) is 4. The molecule has 1 fully saturated rings. The first-order valence-corrected chi connectivity index (χ1v) is 5.29. The van der Waals surface area contributed by atoms with E-state index in [1.165, 1.54) is 0 Å². The Bertz CT molecular complexity index is 327. The number of nitrogens with zero attached hydrogens (tertiary/aromatic N) is 2. The maximum absolute atomic E-state index is 5.22. The van der Waals surface area contributed by atoms with Crippen molar-refractivity contribution < 1.29 is 4.74 Å². The lowest BCUT2D eigenvalue weighted by molar-refractivity contribution is 0.0327. The highest BCUT2D eigenvalue weighted by atomic mass is 16.5. The average Bonchev–Trinajstić information content (AvgIpc) is 2.08. The molecule has 1 aliphatic rings. The highest BCUT2D eigenvalue weighted by molar-refractivity contribution is 5.30. The summed E-state index contributed by atoms with van der Waals surface area (Å²) >= 11 is 0. The van der Waals surface area contributed by atoms with Crippen LogP contribution in [0.3, 0.4) is 0 Å². The Kier molecular flexibility index (Phi) is 2.86. The van der Waals surface area contributed by atoms with E-state index in [0.717, 1.165) is 30.2 Å². The number of aromatic nitrogens is 2. The Morgan fingerprint density at radius 2 is 1.87 bits per heavy atom. The first-order valence-electron chi connectivity index (χ1n) is 5.29. The largest absolute Gasteiger partial charge is 0.381 e. The summed E-state index contributed by atoms with van der Waals surface area (Å²) in [6.45, 7) is 3.97. The third kappa shape index (κ3) is 2.45. The molecule has 0 aromatic carbocycles. The summed E-state index contributed by atoms with van der Waals surface area (Å²) < 4.78 is 5.22. The summed E-state index contributed by atoms with van der Waals surface area (Å²) in [5, 5.41) is 3.32. The van der Waals surface area contributed by atoms with Gasteiger partial charge < -0.3 is 10.1 Å².